The Morgan fingerprint density at radius 1 is 0.378 bits per heavy atom. The maximum atomic E-state index is 9.86. The first kappa shape index (κ1) is 16.8. The van der Waals surface area contributed by atoms with E-state index >= 15 is 0 Å². The average Bonchev–Trinajstić information content (AvgIpc) is 3.62. The van der Waals surface area contributed by atoms with Gasteiger partial charge in [0.15, 0.2) is 0 Å². The second-order valence-corrected chi connectivity index (χ2v) is 10.8. The summed E-state index contributed by atoms with van der Waals surface area (Å²) in [6.45, 7) is 0. The molecule has 0 aliphatic carbocycles. The maximum Gasteiger partial charge on any atom is 0.136 e. The van der Waals surface area contributed by atoms with Crippen LogP contribution in [0.2, 0.25) is 0 Å². The third-order valence-electron chi connectivity index (χ3n) is 8.28. The molecule has 1 aromatic heterocycles. The highest BCUT2D eigenvalue weighted by atomic mass is 16.3. The van der Waals surface area contributed by atoms with E-state index in [-0.39, 0.29) is 81.4 Å². The lowest BCUT2D eigenvalue weighted by atomic mass is 9.83. The summed E-state index contributed by atoms with van der Waals surface area (Å²) in [6, 6.07) is 27.5. The zero-order chi connectivity index (χ0) is 39.3. The van der Waals surface area contributed by atoms with Crippen LogP contribution in [0.3, 0.4) is 0 Å². The van der Waals surface area contributed by atoms with Crippen molar-refractivity contribution in [3.05, 3.63) is 170 Å². The van der Waals surface area contributed by atoms with Gasteiger partial charge < -0.3 is 4.42 Å². The number of furan rings is 1. The van der Waals surface area contributed by atoms with Gasteiger partial charge in [-0.2, -0.15) is 0 Å². The number of hydrogen-bond donors (Lipinski definition) is 0. The van der Waals surface area contributed by atoms with E-state index in [4.69, 9.17) is 15.4 Å². The molecule has 0 aliphatic heterocycles. The molecule has 8 aromatic carbocycles. The molecule has 0 unspecified atom stereocenters. The van der Waals surface area contributed by atoms with Gasteiger partial charge in [-0.05, 0) is 84.2 Å². The highest BCUT2D eigenvalue weighted by Gasteiger charge is 2.20. The zero-order valence-electron chi connectivity index (χ0n) is 34.7. The molecule has 1 heterocycles. The average molecular weight is 584 g/mol. The fraction of sp³-hybridized carbons (Fsp3) is 0. The summed E-state index contributed by atoms with van der Waals surface area (Å²) >= 11 is 0. The minimum atomic E-state index is -0.482. The van der Waals surface area contributed by atoms with Crippen LogP contribution < -0.4 is 0 Å². The molecule has 0 aliphatic rings. The normalized spacial score (nSPS) is 15.0. The quantitative estimate of drug-likeness (QED) is 0.188. The van der Waals surface area contributed by atoms with Crippen LogP contribution in [0.4, 0.5) is 0 Å². The fourth-order valence-electron chi connectivity index (χ4n) is 6.39. The van der Waals surface area contributed by atoms with E-state index in [2.05, 4.69) is 0 Å². The predicted molar refractivity (Wildman–Crippen MR) is 190 cm³/mol. The Bertz CT molecular complexity index is 3070. The molecule has 45 heavy (non-hydrogen) atoms. The molecular formula is C44H28O. The molecule has 0 spiro atoms. The van der Waals surface area contributed by atoms with Gasteiger partial charge >= 0.3 is 0 Å². The molecule has 0 bridgehead atoms. The highest BCUT2D eigenvalue weighted by molar-refractivity contribution is 6.23. The van der Waals surface area contributed by atoms with Crippen LogP contribution in [0, 0.1) is 0 Å². The predicted octanol–water partition coefficient (Wildman–Crippen LogP) is 12.6. The highest BCUT2D eigenvalue weighted by Crippen LogP contribution is 2.47. The van der Waals surface area contributed by atoms with Gasteiger partial charge in [0.2, 0.25) is 0 Å². The lowest BCUT2D eigenvalue weighted by Gasteiger charge is -2.19. The van der Waals surface area contributed by atoms with E-state index in [1.807, 2.05) is 66.7 Å². The van der Waals surface area contributed by atoms with Gasteiger partial charge in [-0.15, -0.1) is 0 Å². The van der Waals surface area contributed by atoms with E-state index in [9.17, 15) is 4.11 Å². The van der Waals surface area contributed by atoms with Crippen molar-refractivity contribution in [1.29, 1.82) is 0 Å². The molecule has 0 saturated heterocycles. The lowest BCUT2D eigenvalue weighted by molar-refractivity contribution is 0.669. The maximum absolute atomic E-state index is 9.86. The summed E-state index contributed by atoms with van der Waals surface area (Å²) in [5, 5.41) is 3.12. The largest absolute Gasteiger partial charge is 0.456 e. The van der Waals surface area contributed by atoms with Crippen molar-refractivity contribution in [2.75, 3.05) is 0 Å². The van der Waals surface area contributed by atoms with Crippen molar-refractivity contribution in [2.24, 2.45) is 0 Å². The molecule has 1 heteroatoms. The molecule has 0 amide bonds. The first-order chi connectivity index (χ1) is 26.9. The zero-order valence-corrected chi connectivity index (χ0v) is 23.7. The van der Waals surface area contributed by atoms with Crippen LogP contribution in [0.1, 0.15) is 15.1 Å². The van der Waals surface area contributed by atoms with Crippen molar-refractivity contribution in [3.63, 3.8) is 0 Å². The SMILES string of the molecule is [2H]c1c([2H])c([2H])c(-c2ccccc2-c2c3ccccc3c(-c3c([2H])c([2H])c4oc5c([2H])c([2H])c([2H])c(-c6ccccc6)c5c4c3[2H])c3ccccc23)c([2H])c1[2H]. The minimum Gasteiger partial charge on any atom is -0.456 e. The van der Waals surface area contributed by atoms with E-state index in [0.29, 0.717) is 54.9 Å². The van der Waals surface area contributed by atoms with Crippen LogP contribution in [0.25, 0.3) is 88.0 Å². The summed E-state index contributed by atoms with van der Waals surface area (Å²) in [6.07, 6.45) is 0. The van der Waals surface area contributed by atoms with Gasteiger partial charge in [0, 0.05) is 10.8 Å². The molecule has 0 fully saturated rings. The number of hydrogen-bond acceptors (Lipinski definition) is 1. The molecule has 210 valence electrons. The Hall–Kier alpha value is -5.92. The van der Waals surface area contributed by atoms with Crippen LogP contribution >= 0.6 is 0 Å². The van der Waals surface area contributed by atoms with E-state index < -0.39 is 18.1 Å². The van der Waals surface area contributed by atoms with E-state index in [0.717, 1.165) is 0 Å². The summed E-state index contributed by atoms with van der Waals surface area (Å²) in [4.78, 5) is 0. The van der Waals surface area contributed by atoms with Gasteiger partial charge in [0.1, 0.15) is 11.2 Å². The standard InChI is InChI=1S/C44H28O/c1-3-14-29(15-4-1)32-18-7-8-19-34(32)43-37-22-11-9-20-35(37)42(36-21-10-12-23-38(36)43)31-26-27-40-39(28-31)44-33(24-13-25-41(44)45-40)30-16-5-2-6-17-30/h1-28H/i1D,3D,4D,13D,14D,15D,24D,25D,26D,27D,28D. The molecule has 9 aromatic rings. The van der Waals surface area contributed by atoms with Gasteiger partial charge in [-0.25, -0.2) is 0 Å². The van der Waals surface area contributed by atoms with Gasteiger partial charge in [0.05, 0.1) is 15.1 Å². The first-order valence-electron chi connectivity index (χ1n) is 20.1. The van der Waals surface area contributed by atoms with Crippen molar-refractivity contribution >= 4 is 43.5 Å². The summed E-state index contributed by atoms with van der Waals surface area (Å²) in [5.74, 6) is 0. The number of fused-ring (bicyclic) bond motifs is 5. The topological polar surface area (TPSA) is 13.1 Å². The minimum absolute atomic E-state index is 0.0345. The Morgan fingerprint density at radius 3 is 1.71 bits per heavy atom. The fourth-order valence-corrected chi connectivity index (χ4v) is 6.39. The van der Waals surface area contributed by atoms with Crippen molar-refractivity contribution in [2.45, 2.75) is 0 Å². The molecule has 0 saturated carbocycles. The third-order valence-corrected chi connectivity index (χ3v) is 8.28. The molecule has 9 rings (SSSR count). The summed E-state index contributed by atoms with van der Waals surface area (Å²) in [7, 11) is 0. The number of rotatable bonds is 4. The van der Waals surface area contributed by atoms with Crippen LogP contribution in [-0.2, 0) is 0 Å². The number of benzene rings is 8. The van der Waals surface area contributed by atoms with E-state index in [1.54, 1.807) is 36.4 Å². The van der Waals surface area contributed by atoms with Crippen LogP contribution in [-0.4, -0.2) is 0 Å². The molecule has 0 N–H and O–H groups in total. The molecule has 1 nitrogen and oxygen atoms in total. The molecule has 0 atom stereocenters. The van der Waals surface area contributed by atoms with Gasteiger partial charge in [0.25, 0.3) is 0 Å². The molecule has 0 radical (unpaired) electrons. The first-order valence-corrected chi connectivity index (χ1v) is 14.6. The van der Waals surface area contributed by atoms with Gasteiger partial charge in [-0.1, -0.05) is 151 Å². The monoisotopic (exact) mass is 583 g/mol. The van der Waals surface area contributed by atoms with Crippen LogP contribution in [0.15, 0.2) is 174 Å². The summed E-state index contributed by atoms with van der Waals surface area (Å²) in [5.41, 5.74) is 3.26. The summed E-state index contributed by atoms with van der Waals surface area (Å²) < 4.78 is 104. The van der Waals surface area contributed by atoms with Crippen molar-refractivity contribution in [1.82, 2.24) is 0 Å². The van der Waals surface area contributed by atoms with Crippen molar-refractivity contribution < 1.29 is 19.5 Å². The smallest absolute Gasteiger partial charge is 0.136 e. The van der Waals surface area contributed by atoms with Gasteiger partial charge in [-0.3, -0.25) is 0 Å². The second-order valence-electron chi connectivity index (χ2n) is 10.8. The van der Waals surface area contributed by atoms with Crippen molar-refractivity contribution in [3.8, 4) is 44.5 Å². The second kappa shape index (κ2) is 10.4. The third kappa shape index (κ3) is 4.09. The van der Waals surface area contributed by atoms with E-state index in [1.165, 1.54) is 0 Å². The Kier molecular flexibility index (Phi) is 3.87. The van der Waals surface area contributed by atoms with Crippen LogP contribution in [0.5, 0.6) is 0 Å². The Balaban J connectivity index is 1.44. The Morgan fingerprint density at radius 2 is 1.00 bits per heavy atom. The molecular weight excluding hydrogens is 544 g/mol. The lowest BCUT2D eigenvalue weighted by Crippen LogP contribution is -1.92. The Labute approximate surface area is 277 Å².